The minimum absolute atomic E-state index is 0.105. The van der Waals surface area contributed by atoms with Gasteiger partial charge in [-0.1, -0.05) is 39.3 Å². The SMILES string of the molecule is CO[C@]1(CC[C@@H](C)CO[C@@H]2O[C@H](CO)[C@@H](O)[C@H](O)[C@H]2O)O[C@H]2C[C@H]3[C@@H]4CC=C5C[C@@H](O[C@@H]6O[C@H](CO)[C@@H](O[C@@H]7O[C@@H](C)[C@H](O[C@@H]8O[C@@H](C)[C@H](O)[C@@H](O)[C@H]8O)[C@@H](O)[C@H]7O)[C@H](O)[C@H]6O[C@@H]6O[C@@H](C)[C@H](O)[C@@H](O)[C@H]6O)CC[C@]5(C)[C@H]4CC[C@]3(C)[C@@]2(O)[C@@H]1C. The van der Waals surface area contributed by atoms with Crippen LogP contribution in [0.15, 0.2) is 11.6 Å². The quantitative estimate of drug-likeness (QED) is 0.0633. The highest BCUT2D eigenvalue weighted by Crippen LogP contribution is 2.72. The lowest BCUT2D eigenvalue weighted by atomic mass is 9.46. The van der Waals surface area contributed by atoms with Gasteiger partial charge in [0.05, 0.1) is 50.3 Å². The van der Waals surface area contributed by atoms with Crippen molar-refractivity contribution < 1.29 is 133 Å². The number of hydrogen-bond acceptors (Lipinski definition) is 27. The topological polar surface area (TPSA) is 414 Å². The molecular weight excluding hydrogens is 1130 g/mol. The van der Waals surface area contributed by atoms with Crippen LogP contribution in [0.2, 0.25) is 0 Å². The summed E-state index contributed by atoms with van der Waals surface area (Å²) < 4.78 is 73.3. The van der Waals surface area contributed by atoms with E-state index in [1.807, 2.05) is 13.8 Å². The van der Waals surface area contributed by atoms with Crippen molar-refractivity contribution in [1.82, 2.24) is 0 Å². The van der Waals surface area contributed by atoms with Crippen molar-refractivity contribution in [3.8, 4) is 0 Å². The molecule has 10 aliphatic rings. The van der Waals surface area contributed by atoms with Crippen LogP contribution in [0.5, 0.6) is 0 Å². The van der Waals surface area contributed by atoms with E-state index < -0.39 is 202 Å². The van der Waals surface area contributed by atoms with E-state index in [2.05, 4.69) is 19.9 Å². The van der Waals surface area contributed by atoms with Gasteiger partial charge in [-0.15, -0.1) is 0 Å². The molecule has 36 atom stereocenters. The lowest BCUT2D eigenvalue weighted by molar-refractivity contribution is -0.394. The number of ether oxygens (including phenoxy) is 12. The predicted octanol–water partition coefficient (Wildman–Crippen LogP) is -3.36. The zero-order valence-electron chi connectivity index (χ0n) is 49.6. The molecule has 4 aliphatic carbocycles. The van der Waals surface area contributed by atoms with Gasteiger partial charge in [0.25, 0.3) is 0 Å². The van der Waals surface area contributed by atoms with Crippen LogP contribution >= 0.6 is 0 Å². The molecule has 27 heteroatoms. The largest absolute Gasteiger partial charge is 0.394 e. The van der Waals surface area contributed by atoms with Crippen molar-refractivity contribution in [1.29, 1.82) is 0 Å². The number of rotatable bonds is 17. The third-order valence-corrected chi connectivity index (χ3v) is 22.1. The van der Waals surface area contributed by atoms with Crippen molar-refractivity contribution in [2.75, 3.05) is 26.9 Å². The Morgan fingerprint density at radius 2 is 1.13 bits per heavy atom. The molecule has 6 heterocycles. The zero-order chi connectivity index (χ0) is 61.7. The Hall–Kier alpha value is -1.34. The van der Waals surface area contributed by atoms with Crippen LogP contribution in [0.3, 0.4) is 0 Å². The van der Waals surface area contributed by atoms with E-state index in [0.29, 0.717) is 38.5 Å². The molecule has 6 aliphatic heterocycles. The van der Waals surface area contributed by atoms with Gasteiger partial charge < -0.3 is 133 Å². The monoisotopic (exact) mass is 1220 g/mol. The summed E-state index contributed by atoms with van der Waals surface area (Å²) in [6, 6.07) is 0. The molecule has 0 aromatic carbocycles. The Labute approximate surface area is 494 Å². The van der Waals surface area contributed by atoms with Gasteiger partial charge >= 0.3 is 0 Å². The predicted molar refractivity (Wildman–Crippen MR) is 286 cm³/mol. The molecule has 0 aromatic rings. The molecule has 0 aromatic heterocycles. The van der Waals surface area contributed by atoms with Crippen molar-refractivity contribution in [3.63, 3.8) is 0 Å². The second-order valence-corrected chi connectivity index (χ2v) is 26.9. The van der Waals surface area contributed by atoms with E-state index in [1.54, 1.807) is 7.11 Å². The first-order valence-electron chi connectivity index (χ1n) is 30.6. The number of fused-ring (bicyclic) bond motifs is 7. The third-order valence-electron chi connectivity index (χ3n) is 22.1. The molecule has 0 spiro atoms. The van der Waals surface area contributed by atoms with Crippen LogP contribution in [0.1, 0.15) is 106 Å². The molecule has 0 bridgehead atoms. The van der Waals surface area contributed by atoms with E-state index in [1.165, 1.54) is 26.3 Å². The summed E-state index contributed by atoms with van der Waals surface area (Å²) in [5, 5.41) is 163. The van der Waals surface area contributed by atoms with Crippen LogP contribution < -0.4 is 0 Å². The number of aliphatic hydroxyl groups is 15. The Morgan fingerprint density at radius 1 is 0.576 bits per heavy atom. The summed E-state index contributed by atoms with van der Waals surface area (Å²) >= 11 is 0. The van der Waals surface area contributed by atoms with Crippen LogP contribution in [-0.4, -0.2) is 281 Å². The van der Waals surface area contributed by atoms with E-state index in [4.69, 9.17) is 56.8 Å². The number of hydrogen-bond donors (Lipinski definition) is 15. The first-order chi connectivity index (χ1) is 40.1. The summed E-state index contributed by atoms with van der Waals surface area (Å²) in [6.45, 7) is 11.7. The minimum Gasteiger partial charge on any atom is -0.394 e. The van der Waals surface area contributed by atoms with E-state index in [0.717, 1.165) is 19.3 Å². The van der Waals surface area contributed by atoms with Crippen molar-refractivity contribution in [3.05, 3.63) is 11.6 Å². The van der Waals surface area contributed by atoms with Gasteiger partial charge in [0.15, 0.2) is 37.2 Å². The van der Waals surface area contributed by atoms with Gasteiger partial charge in [0.2, 0.25) is 0 Å². The molecule has 9 fully saturated rings. The van der Waals surface area contributed by atoms with Crippen molar-refractivity contribution in [2.24, 2.45) is 40.4 Å². The summed E-state index contributed by atoms with van der Waals surface area (Å²) in [4.78, 5) is 0. The molecule has 3 saturated carbocycles. The number of allylic oxidation sites excluding steroid dienone is 1. The van der Waals surface area contributed by atoms with Crippen molar-refractivity contribution in [2.45, 2.75) is 283 Å². The van der Waals surface area contributed by atoms with Gasteiger partial charge in [0, 0.05) is 24.9 Å². The van der Waals surface area contributed by atoms with Gasteiger partial charge in [-0.2, -0.15) is 0 Å². The second kappa shape index (κ2) is 25.6. The summed E-state index contributed by atoms with van der Waals surface area (Å²) in [6.07, 6.45) is -30.6. The van der Waals surface area contributed by atoms with Gasteiger partial charge in [-0.05, 0) is 101 Å². The fourth-order valence-electron chi connectivity index (χ4n) is 16.6. The highest BCUT2D eigenvalue weighted by atomic mass is 16.8. The molecule has 6 saturated heterocycles. The van der Waals surface area contributed by atoms with Crippen molar-refractivity contribution >= 4 is 0 Å². The number of methoxy groups -OCH3 is 1. The van der Waals surface area contributed by atoms with E-state index in [-0.39, 0.29) is 35.7 Å². The fourth-order valence-corrected chi connectivity index (χ4v) is 16.6. The first kappa shape index (κ1) is 66.6. The highest BCUT2D eigenvalue weighted by Gasteiger charge is 2.76. The van der Waals surface area contributed by atoms with E-state index >= 15 is 0 Å². The Kier molecular flexibility index (Phi) is 20.1. The molecule has 10 rings (SSSR count). The average molecular weight is 1230 g/mol. The molecule has 0 radical (unpaired) electrons. The lowest BCUT2D eigenvalue weighted by Crippen LogP contribution is -2.67. The summed E-state index contributed by atoms with van der Waals surface area (Å²) in [5.41, 5.74) is -0.788. The van der Waals surface area contributed by atoms with Crippen LogP contribution in [0, 0.1) is 40.4 Å². The van der Waals surface area contributed by atoms with Gasteiger partial charge in [-0.25, -0.2) is 0 Å². The maximum absolute atomic E-state index is 13.2. The maximum Gasteiger partial charge on any atom is 0.187 e. The van der Waals surface area contributed by atoms with Gasteiger partial charge in [0.1, 0.15) is 109 Å². The molecule has 0 amide bonds. The normalized spacial score (nSPS) is 55.7. The Morgan fingerprint density at radius 3 is 1.74 bits per heavy atom. The molecular formula is C58H96O27. The number of aliphatic hydroxyl groups excluding tert-OH is 14. The third kappa shape index (κ3) is 11.6. The molecule has 0 unspecified atom stereocenters. The molecule has 490 valence electrons. The van der Waals surface area contributed by atoms with Crippen LogP contribution in [-0.2, 0) is 56.8 Å². The van der Waals surface area contributed by atoms with Gasteiger partial charge in [-0.3, -0.25) is 0 Å². The fraction of sp³-hybridized carbons (Fsp3) is 0.966. The Bertz CT molecular complexity index is 2270. The Balaban J connectivity index is 0.801. The maximum atomic E-state index is 13.2. The second-order valence-electron chi connectivity index (χ2n) is 26.9. The zero-order valence-corrected chi connectivity index (χ0v) is 49.6. The standard InChI is InChI=1S/C58H96O27/c1-22(21-75-50-42(68)40(66)37(63)32(19-59)80-50)11-16-57(74-8)26(5)58(73)34(85-57)18-31-29-10-9-27-17-28(12-14-55(27,6)30(29)13-15-56(31,58)7)79-54-49(84-52-44(70)39(65)36(62)24(3)77-52)46(72)48(33(20-60)81-54)83-53-45(71)41(67)47(25(4)78-53)82-51-43(69)38(64)35(61)23(2)76-51/h9,22-26,28-54,59-73H,10-21H2,1-8H3/t22-,23+,24+,25+,26-,28+,29-,30+,31+,32-,33-,34+,35+,36+,37-,38-,39-,40+,41+,42-,43-,44-,45-,46+,47+,48-,49-,50-,51+,52+,53+,54-,55+,56+,57-,58-/m1/s1. The molecule has 15 N–H and O–H groups in total. The van der Waals surface area contributed by atoms with Crippen LogP contribution in [0.4, 0.5) is 0 Å². The smallest absolute Gasteiger partial charge is 0.187 e. The molecule has 27 nitrogen and oxygen atoms in total. The first-order valence-corrected chi connectivity index (χ1v) is 30.6. The summed E-state index contributed by atoms with van der Waals surface area (Å²) in [5.74, 6) is -1.02. The summed E-state index contributed by atoms with van der Waals surface area (Å²) in [7, 11) is 1.60. The minimum atomic E-state index is -1.89. The highest BCUT2D eigenvalue weighted by molar-refractivity contribution is 5.29. The molecule has 85 heavy (non-hydrogen) atoms. The lowest BCUT2D eigenvalue weighted by Gasteiger charge is -2.59. The van der Waals surface area contributed by atoms with E-state index in [9.17, 15) is 76.6 Å². The van der Waals surface area contributed by atoms with Crippen LogP contribution in [0.25, 0.3) is 0 Å². The average Bonchev–Trinajstić information content (AvgIpc) is 1.54.